The van der Waals surface area contributed by atoms with E-state index in [0.29, 0.717) is 28.4 Å². The van der Waals surface area contributed by atoms with Crippen LogP contribution in [0.2, 0.25) is 0 Å². The molecule has 2 aromatic carbocycles. The maximum Gasteiger partial charge on any atom is 0.257 e. The fraction of sp³-hybridized carbons (Fsp3) is 0.0909. The second-order valence-electron chi connectivity index (χ2n) is 6.51. The van der Waals surface area contributed by atoms with Crippen LogP contribution in [0.15, 0.2) is 65.2 Å². The van der Waals surface area contributed by atoms with E-state index in [1.165, 1.54) is 0 Å². The fourth-order valence-electron chi connectivity index (χ4n) is 2.90. The average Bonchev–Trinajstić information content (AvgIpc) is 3.19. The van der Waals surface area contributed by atoms with Gasteiger partial charge >= 0.3 is 0 Å². The van der Waals surface area contributed by atoms with Gasteiger partial charge in [0, 0.05) is 23.0 Å². The Kier molecular flexibility index (Phi) is 5.40. The van der Waals surface area contributed by atoms with Gasteiger partial charge in [0.05, 0.1) is 7.11 Å². The van der Waals surface area contributed by atoms with E-state index in [1.54, 1.807) is 43.6 Å². The van der Waals surface area contributed by atoms with Gasteiger partial charge in [-0.25, -0.2) is 4.98 Å². The minimum atomic E-state index is -0.302. The molecule has 30 heavy (non-hydrogen) atoms. The smallest absolute Gasteiger partial charge is 0.257 e. The molecule has 0 saturated carbocycles. The van der Waals surface area contributed by atoms with Gasteiger partial charge in [-0.15, -0.1) is 0 Å². The summed E-state index contributed by atoms with van der Waals surface area (Å²) >= 11 is 5.28. The maximum absolute atomic E-state index is 12.3. The van der Waals surface area contributed by atoms with Crippen molar-refractivity contribution in [3.63, 3.8) is 0 Å². The molecule has 0 bridgehead atoms. The summed E-state index contributed by atoms with van der Waals surface area (Å²) in [6.07, 6.45) is 1.67. The molecule has 0 fully saturated rings. The summed E-state index contributed by atoms with van der Waals surface area (Å²) in [6.45, 7) is 1.93. The summed E-state index contributed by atoms with van der Waals surface area (Å²) in [5.41, 5.74) is 4.20. The second kappa shape index (κ2) is 8.30. The van der Waals surface area contributed by atoms with Crippen LogP contribution in [0.25, 0.3) is 22.7 Å². The third kappa shape index (κ3) is 4.13. The SMILES string of the molecule is COc1ccc(C(=O)NC(=S)Nc2ccc(-c3nc4ncccc4o3)cc2C)cc1. The van der Waals surface area contributed by atoms with Crippen LogP contribution in [0.1, 0.15) is 15.9 Å². The van der Waals surface area contributed by atoms with Crippen LogP contribution in [0.4, 0.5) is 5.69 Å². The second-order valence-corrected chi connectivity index (χ2v) is 6.92. The zero-order chi connectivity index (χ0) is 21.1. The number of rotatable bonds is 4. The molecule has 7 nitrogen and oxygen atoms in total. The van der Waals surface area contributed by atoms with E-state index in [2.05, 4.69) is 20.6 Å². The Morgan fingerprint density at radius 2 is 1.93 bits per heavy atom. The molecular weight excluding hydrogens is 400 g/mol. The molecule has 2 aromatic heterocycles. The van der Waals surface area contributed by atoms with E-state index in [1.807, 2.05) is 31.2 Å². The van der Waals surface area contributed by atoms with Crippen molar-refractivity contribution in [1.29, 1.82) is 0 Å². The first kappa shape index (κ1) is 19.5. The van der Waals surface area contributed by atoms with Crippen molar-refractivity contribution in [2.45, 2.75) is 6.92 Å². The molecule has 0 unspecified atom stereocenters. The van der Waals surface area contributed by atoms with E-state index in [4.69, 9.17) is 21.4 Å². The van der Waals surface area contributed by atoms with Gasteiger partial charge in [-0.05, 0) is 79.3 Å². The van der Waals surface area contributed by atoms with Crippen molar-refractivity contribution in [3.8, 4) is 17.2 Å². The lowest BCUT2D eigenvalue weighted by Gasteiger charge is -2.12. The van der Waals surface area contributed by atoms with Crippen LogP contribution in [0, 0.1) is 6.92 Å². The Balaban J connectivity index is 1.45. The van der Waals surface area contributed by atoms with Crippen molar-refractivity contribution < 1.29 is 13.9 Å². The first-order valence-electron chi connectivity index (χ1n) is 9.12. The van der Waals surface area contributed by atoms with Crippen molar-refractivity contribution in [1.82, 2.24) is 15.3 Å². The van der Waals surface area contributed by atoms with Gasteiger partial charge in [-0.2, -0.15) is 4.98 Å². The highest BCUT2D eigenvalue weighted by molar-refractivity contribution is 7.80. The molecular formula is C22H18N4O3S. The van der Waals surface area contributed by atoms with Crippen LogP contribution >= 0.6 is 12.2 Å². The van der Waals surface area contributed by atoms with Crippen LogP contribution in [0.3, 0.4) is 0 Å². The Labute approximate surface area is 178 Å². The van der Waals surface area contributed by atoms with Gasteiger partial charge in [-0.1, -0.05) is 0 Å². The summed E-state index contributed by atoms with van der Waals surface area (Å²) < 4.78 is 10.9. The molecule has 0 aliphatic rings. The number of hydrogen-bond donors (Lipinski definition) is 2. The number of ether oxygens (including phenoxy) is 1. The third-order valence-corrected chi connectivity index (χ3v) is 4.67. The molecule has 150 valence electrons. The van der Waals surface area contributed by atoms with Crippen LogP contribution in [-0.2, 0) is 0 Å². The molecule has 2 heterocycles. The van der Waals surface area contributed by atoms with Crippen molar-refractivity contribution in [2.75, 3.05) is 12.4 Å². The number of nitrogens with one attached hydrogen (secondary N) is 2. The fourth-order valence-corrected chi connectivity index (χ4v) is 3.10. The van der Waals surface area contributed by atoms with Gasteiger partial charge in [-0.3, -0.25) is 10.1 Å². The monoisotopic (exact) mass is 418 g/mol. The lowest BCUT2D eigenvalue weighted by Crippen LogP contribution is -2.34. The number of pyridine rings is 1. The Bertz CT molecular complexity index is 1200. The molecule has 4 aromatic rings. The number of aryl methyl sites for hydroxylation is 1. The predicted molar refractivity (Wildman–Crippen MR) is 119 cm³/mol. The third-order valence-electron chi connectivity index (χ3n) is 4.47. The van der Waals surface area contributed by atoms with E-state index in [0.717, 1.165) is 16.8 Å². The summed E-state index contributed by atoms with van der Waals surface area (Å²) in [4.78, 5) is 20.9. The zero-order valence-corrected chi connectivity index (χ0v) is 17.1. The first-order chi connectivity index (χ1) is 14.5. The van der Waals surface area contributed by atoms with Crippen molar-refractivity contribution in [3.05, 3.63) is 71.9 Å². The van der Waals surface area contributed by atoms with E-state index in [-0.39, 0.29) is 11.0 Å². The number of hydrogen-bond acceptors (Lipinski definition) is 6. The van der Waals surface area contributed by atoms with E-state index in [9.17, 15) is 4.79 Å². The number of benzene rings is 2. The molecule has 0 radical (unpaired) electrons. The first-order valence-corrected chi connectivity index (χ1v) is 9.53. The molecule has 2 N–H and O–H groups in total. The Morgan fingerprint density at radius 3 is 2.63 bits per heavy atom. The maximum atomic E-state index is 12.3. The van der Waals surface area contributed by atoms with Crippen LogP contribution in [0.5, 0.6) is 5.75 Å². The lowest BCUT2D eigenvalue weighted by atomic mass is 10.1. The normalized spacial score (nSPS) is 10.6. The van der Waals surface area contributed by atoms with E-state index >= 15 is 0 Å². The molecule has 0 atom stereocenters. The summed E-state index contributed by atoms with van der Waals surface area (Å²) in [5.74, 6) is 0.870. The minimum absolute atomic E-state index is 0.206. The zero-order valence-electron chi connectivity index (χ0n) is 16.3. The highest BCUT2D eigenvalue weighted by Gasteiger charge is 2.12. The number of oxazole rings is 1. The van der Waals surface area contributed by atoms with Gasteiger partial charge < -0.3 is 14.5 Å². The number of methoxy groups -OCH3 is 1. The molecule has 4 rings (SSSR count). The van der Waals surface area contributed by atoms with Gasteiger partial charge in [0.15, 0.2) is 16.3 Å². The van der Waals surface area contributed by atoms with Gasteiger partial charge in [0.1, 0.15) is 5.75 Å². The number of anilines is 1. The Hall–Kier alpha value is -3.78. The number of carbonyl (C=O) groups excluding carboxylic acids is 1. The lowest BCUT2D eigenvalue weighted by molar-refractivity contribution is 0.0977. The number of amides is 1. The number of aromatic nitrogens is 2. The molecule has 8 heteroatoms. The predicted octanol–water partition coefficient (Wildman–Crippen LogP) is 4.33. The average molecular weight is 418 g/mol. The van der Waals surface area contributed by atoms with Gasteiger partial charge in [0.2, 0.25) is 5.89 Å². The number of thiocarbonyl (C=S) groups is 1. The van der Waals surface area contributed by atoms with Crippen LogP contribution in [-0.4, -0.2) is 28.1 Å². The number of carbonyl (C=O) groups is 1. The standard InChI is InChI=1S/C22H18N4O3S/c1-13-12-15(21-25-19-18(29-21)4-3-11-23-19)7-10-17(13)24-22(30)26-20(27)14-5-8-16(28-2)9-6-14/h3-12H,1-2H3,(H2,24,26,27,30). The highest BCUT2D eigenvalue weighted by atomic mass is 32.1. The van der Waals surface area contributed by atoms with Crippen LogP contribution < -0.4 is 15.4 Å². The molecule has 1 amide bonds. The summed E-state index contributed by atoms with van der Waals surface area (Å²) in [7, 11) is 1.57. The molecule has 0 aliphatic heterocycles. The topological polar surface area (TPSA) is 89.3 Å². The molecule has 0 aliphatic carbocycles. The van der Waals surface area contributed by atoms with E-state index < -0.39 is 0 Å². The molecule has 0 spiro atoms. The summed E-state index contributed by atoms with van der Waals surface area (Å²) in [6, 6.07) is 16.1. The quantitative estimate of drug-likeness (QED) is 0.477. The number of nitrogens with zero attached hydrogens (tertiary/aromatic N) is 2. The van der Waals surface area contributed by atoms with Crippen molar-refractivity contribution in [2.24, 2.45) is 0 Å². The highest BCUT2D eigenvalue weighted by Crippen LogP contribution is 2.26. The van der Waals surface area contributed by atoms with Gasteiger partial charge in [0.25, 0.3) is 5.91 Å². The van der Waals surface area contributed by atoms with Crippen molar-refractivity contribution >= 4 is 40.2 Å². The largest absolute Gasteiger partial charge is 0.497 e. The molecule has 0 saturated heterocycles. The minimum Gasteiger partial charge on any atom is -0.497 e. The Morgan fingerprint density at radius 1 is 1.13 bits per heavy atom. The summed E-state index contributed by atoms with van der Waals surface area (Å²) in [5, 5.41) is 5.93. The number of fused-ring (bicyclic) bond motifs is 1.